The van der Waals surface area contributed by atoms with E-state index in [9.17, 15) is 13.2 Å². The van der Waals surface area contributed by atoms with E-state index in [1.807, 2.05) is 0 Å². The molecule has 0 atom stereocenters. The standard InChI is InChI=1S/C18H17ClN4O5S/c1-28-15-7-4-8-16(21-15)29(26,27)17-11-12(9-10-20-18(24)25)22-23(17)14-6-3-2-5-13(14)19/h2-8,11,20H,9-10H2,1H3,(H,24,25). The summed E-state index contributed by atoms with van der Waals surface area (Å²) >= 11 is 6.25. The minimum absolute atomic E-state index is 0.0752. The number of methoxy groups -OCH3 is 1. The van der Waals surface area contributed by atoms with Crippen molar-refractivity contribution in [3.63, 3.8) is 0 Å². The number of benzene rings is 1. The highest BCUT2D eigenvalue weighted by molar-refractivity contribution is 7.91. The molecule has 2 heterocycles. The first-order chi connectivity index (χ1) is 13.8. The summed E-state index contributed by atoms with van der Waals surface area (Å²) in [6.45, 7) is 0.0752. The number of hydrogen-bond donors (Lipinski definition) is 2. The van der Waals surface area contributed by atoms with Crippen LogP contribution >= 0.6 is 11.6 Å². The van der Waals surface area contributed by atoms with Gasteiger partial charge in [-0.05, 0) is 24.3 Å². The van der Waals surface area contributed by atoms with Gasteiger partial charge in [-0.15, -0.1) is 0 Å². The van der Waals surface area contributed by atoms with Crippen molar-refractivity contribution in [3.8, 4) is 11.6 Å². The van der Waals surface area contributed by atoms with Crippen molar-refractivity contribution in [2.24, 2.45) is 0 Å². The second-order valence-corrected chi connectivity index (χ2v) is 8.09. The summed E-state index contributed by atoms with van der Waals surface area (Å²) in [5, 5.41) is 15.2. The number of carbonyl (C=O) groups is 1. The number of nitrogens with zero attached hydrogens (tertiary/aromatic N) is 3. The van der Waals surface area contributed by atoms with Crippen molar-refractivity contribution < 1.29 is 23.1 Å². The second kappa shape index (κ2) is 8.50. The maximum absolute atomic E-state index is 13.3. The molecule has 3 rings (SSSR count). The third-order valence-corrected chi connectivity index (χ3v) is 5.86. The highest BCUT2D eigenvalue weighted by Gasteiger charge is 2.27. The summed E-state index contributed by atoms with van der Waals surface area (Å²) in [7, 11) is -2.68. The van der Waals surface area contributed by atoms with Gasteiger partial charge in [0.2, 0.25) is 15.7 Å². The Labute approximate surface area is 171 Å². The van der Waals surface area contributed by atoms with Gasteiger partial charge in [0.1, 0.15) is 0 Å². The summed E-state index contributed by atoms with van der Waals surface area (Å²) in [6, 6.07) is 12.5. The molecule has 0 saturated heterocycles. The molecule has 11 heteroatoms. The molecule has 2 aromatic heterocycles. The molecule has 0 radical (unpaired) electrons. The molecule has 9 nitrogen and oxygen atoms in total. The number of sulfone groups is 1. The Morgan fingerprint density at radius 3 is 2.69 bits per heavy atom. The van der Waals surface area contributed by atoms with E-state index in [1.165, 1.54) is 36.1 Å². The lowest BCUT2D eigenvalue weighted by Gasteiger charge is -2.10. The topological polar surface area (TPSA) is 123 Å². The van der Waals surface area contributed by atoms with E-state index in [-0.39, 0.29) is 28.9 Å². The van der Waals surface area contributed by atoms with Crippen molar-refractivity contribution in [1.29, 1.82) is 0 Å². The third kappa shape index (κ3) is 4.49. The summed E-state index contributed by atoms with van der Waals surface area (Å²) in [5.41, 5.74) is 0.744. The zero-order valence-electron chi connectivity index (χ0n) is 15.2. The Morgan fingerprint density at radius 2 is 2.00 bits per heavy atom. The Bertz CT molecular complexity index is 1150. The maximum atomic E-state index is 13.3. The zero-order valence-corrected chi connectivity index (χ0v) is 16.8. The molecular weight excluding hydrogens is 420 g/mol. The molecule has 0 aliphatic rings. The van der Waals surface area contributed by atoms with Gasteiger partial charge in [0, 0.05) is 19.0 Å². The minimum atomic E-state index is -4.07. The van der Waals surface area contributed by atoms with Gasteiger partial charge < -0.3 is 15.2 Å². The number of halogens is 1. The Morgan fingerprint density at radius 1 is 1.24 bits per heavy atom. The maximum Gasteiger partial charge on any atom is 0.404 e. The Balaban J connectivity index is 2.11. The molecule has 29 heavy (non-hydrogen) atoms. The summed E-state index contributed by atoms with van der Waals surface area (Å²) in [5.74, 6) is 0.153. The smallest absolute Gasteiger partial charge is 0.404 e. The SMILES string of the molecule is COc1cccc(S(=O)(=O)c2cc(CCNC(=O)O)nn2-c2ccccc2Cl)n1. The first-order valence-corrected chi connectivity index (χ1v) is 10.3. The van der Waals surface area contributed by atoms with Crippen LogP contribution < -0.4 is 10.1 Å². The number of rotatable bonds is 7. The van der Waals surface area contributed by atoms with Crippen molar-refractivity contribution in [2.75, 3.05) is 13.7 Å². The molecular formula is C18H17ClN4O5S. The number of nitrogens with one attached hydrogen (secondary N) is 1. The Kier molecular flexibility index (Phi) is 6.04. The highest BCUT2D eigenvalue weighted by atomic mass is 35.5. The largest absolute Gasteiger partial charge is 0.481 e. The highest BCUT2D eigenvalue weighted by Crippen LogP contribution is 2.28. The molecule has 3 aromatic rings. The molecule has 2 N–H and O–H groups in total. The van der Waals surface area contributed by atoms with Crippen LogP contribution in [-0.2, 0) is 16.3 Å². The predicted octanol–water partition coefficient (Wildman–Crippen LogP) is 2.57. The van der Waals surface area contributed by atoms with Crippen LogP contribution in [0.5, 0.6) is 5.88 Å². The summed E-state index contributed by atoms with van der Waals surface area (Å²) < 4.78 is 32.8. The predicted molar refractivity (Wildman–Crippen MR) is 105 cm³/mol. The lowest BCUT2D eigenvalue weighted by molar-refractivity contribution is 0.194. The molecule has 0 aliphatic carbocycles. The van der Waals surface area contributed by atoms with Crippen LogP contribution in [0.4, 0.5) is 4.79 Å². The van der Waals surface area contributed by atoms with Gasteiger partial charge in [0.15, 0.2) is 10.1 Å². The van der Waals surface area contributed by atoms with Crippen LogP contribution in [0.25, 0.3) is 5.69 Å². The molecule has 1 amide bonds. The molecule has 0 spiro atoms. The van der Waals surface area contributed by atoms with E-state index >= 15 is 0 Å². The van der Waals surface area contributed by atoms with Gasteiger partial charge in [-0.3, -0.25) is 0 Å². The fourth-order valence-corrected chi connectivity index (χ4v) is 4.14. The molecule has 0 unspecified atom stereocenters. The zero-order chi connectivity index (χ0) is 21.0. The molecule has 0 bridgehead atoms. The lowest BCUT2D eigenvalue weighted by Crippen LogP contribution is -2.23. The van der Waals surface area contributed by atoms with E-state index in [4.69, 9.17) is 21.4 Å². The van der Waals surface area contributed by atoms with Crippen LogP contribution in [0.3, 0.4) is 0 Å². The quantitative estimate of drug-likeness (QED) is 0.583. The number of amides is 1. The molecule has 0 saturated carbocycles. The van der Waals surface area contributed by atoms with Gasteiger partial charge in [0.05, 0.1) is 23.5 Å². The van der Waals surface area contributed by atoms with Crippen LogP contribution in [0.15, 0.2) is 58.6 Å². The van der Waals surface area contributed by atoms with Gasteiger partial charge in [-0.1, -0.05) is 29.8 Å². The van der Waals surface area contributed by atoms with Crippen LogP contribution in [0.1, 0.15) is 5.69 Å². The normalized spacial score (nSPS) is 11.2. The number of aromatic nitrogens is 3. The van der Waals surface area contributed by atoms with Crippen LogP contribution in [-0.4, -0.2) is 48.0 Å². The van der Waals surface area contributed by atoms with E-state index in [0.717, 1.165) is 0 Å². The molecule has 1 aromatic carbocycles. The summed E-state index contributed by atoms with van der Waals surface area (Å²) in [4.78, 5) is 14.7. The van der Waals surface area contributed by atoms with Gasteiger partial charge in [0.25, 0.3) is 0 Å². The molecule has 0 aliphatic heterocycles. The molecule has 152 valence electrons. The fraction of sp³-hybridized carbons (Fsp3) is 0.167. The van der Waals surface area contributed by atoms with Crippen molar-refractivity contribution in [2.45, 2.75) is 16.5 Å². The van der Waals surface area contributed by atoms with Gasteiger partial charge in [-0.25, -0.2) is 22.9 Å². The number of pyridine rings is 1. The van der Waals surface area contributed by atoms with E-state index in [1.54, 1.807) is 24.3 Å². The van der Waals surface area contributed by atoms with Crippen molar-refractivity contribution >= 4 is 27.5 Å². The van der Waals surface area contributed by atoms with E-state index in [0.29, 0.717) is 16.4 Å². The Hall–Kier alpha value is -3.11. The third-order valence-electron chi connectivity index (χ3n) is 3.92. The second-order valence-electron chi connectivity index (χ2n) is 5.84. The first-order valence-electron chi connectivity index (χ1n) is 8.39. The van der Waals surface area contributed by atoms with Gasteiger partial charge >= 0.3 is 6.09 Å². The van der Waals surface area contributed by atoms with Crippen LogP contribution in [0, 0.1) is 0 Å². The fourth-order valence-electron chi connectivity index (χ4n) is 2.58. The molecule has 0 fully saturated rings. The number of ether oxygens (including phenoxy) is 1. The monoisotopic (exact) mass is 436 g/mol. The summed E-state index contributed by atoms with van der Waals surface area (Å²) in [6.07, 6.45) is -0.985. The first kappa shape index (κ1) is 20.6. The minimum Gasteiger partial charge on any atom is -0.481 e. The van der Waals surface area contributed by atoms with E-state index in [2.05, 4.69) is 15.4 Å². The van der Waals surface area contributed by atoms with Crippen molar-refractivity contribution in [3.05, 3.63) is 59.2 Å². The van der Waals surface area contributed by atoms with Crippen LogP contribution in [0.2, 0.25) is 5.02 Å². The van der Waals surface area contributed by atoms with E-state index < -0.39 is 15.9 Å². The number of para-hydroxylation sites is 1. The lowest BCUT2D eigenvalue weighted by atomic mass is 10.3. The van der Waals surface area contributed by atoms with Gasteiger partial charge in [-0.2, -0.15) is 5.10 Å². The average molecular weight is 437 g/mol. The average Bonchev–Trinajstić information content (AvgIpc) is 3.13. The number of carboxylic acid groups (broad SMARTS) is 1. The number of hydrogen-bond acceptors (Lipinski definition) is 6. The van der Waals surface area contributed by atoms with Crippen molar-refractivity contribution in [1.82, 2.24) is 20.1 Å².